The lowest BCUT2D eigenvalue weighted by Crippen LogP contribution is -2.25. The maximum Gasteiger partial charge on any atom is 0.335 e. The molecule has 1 amide bonds. The Hall–Kier alpha value is -4.21. The monoisotopic (exact) mass is 481 g/mol. The third-order valence-corrected chi connectivity index (χ3v) is 5.11. The predicted octanol–water partition coefficient (Wildman–Crippen LogP) is 4.28. The summed E-state index contributed by atoms with van der Waals surface area (Å²) in [5, 5.41) is 20.4. The topological polar surface area (TPSA) is 123 Å². The summed E-state index contributed by atoms with van der Waals surface area (Å²) in [6.45, 7) is 2.15. The average Bonchev–Trinajstić information content (AvgIpc) is 3.53. The lowest BCUT2D eigenvalue weighted by atomic mass is 10.1. The van der Waals surface area contributed by atoms with E-state index in [1.54, 1.807) is 18.2 Å². The smallest absolute Gasteiger partial charge is 0.335 e. The highest BCUT2D eigenvalue weighted by Crippen LogP contribution is 2.23. The van der Waals surface area contributed by atoms with E-state index in [2.05, 4.69) is 15.6 Å². The van der Waals surface area contributed by atoms with Crippen LogP contribution in [0.25, 0.3) is 11.3 Å². The fourth-order valence-corrected chi connectivity index (χ4v) is 3.11. The molecule has 35 heavy (non-hydrogen) atoms. The third-order valence-electron chi connectivity index (χ3n) is 5.11. The maximum atomic E-state index is 13.2. The number of hydrogen-bond donors (Lipinski definition) is 2. The third kappa shape index (κ3) is 6.44. The van der Waals surface area contributed by atoms with Crippen LogP contribution in [0.4, 0.5) is 4.39 Å². The van der Waals surface area contributed by atoms with Crippen molar-refractivity contribution < 1.29 is 33.2 Å². The zero-order valence-electron chi connectivity index (χ0n) is 19.0. The lowest BCUT2D eigenvalue weighted by Gasteiger charge is -2.10. The van der Waals surface area contributed by atoms with Gasteiger partial charge in [-0.25, -0.2) is 9.18 Å². The second kappa shape index (κ2) is 10.8. The number of ether oxygens (including phenoxy) is 1. The molecule has 0 spiro atoms. The first-order chi connectivity index (χ1) is 16.9. The van der Waals surface area contributed by atoms with E-state index in [1.807, 2.05) is 6.92 Å². The van der Waals surface area contributed by atoms with Gasteiger partial charge < -0.3 is 24.5 Å². The van der Waals surface area contributed by atoms with Crippen LogP contribution in [0.5, 0.6) is 5.75 Å². The van der Waals surface area contributed by atoms with Gasteiger partial charge in [-0.15, -0.1) is 0 Å². The number of aromatic nitrogens is 1. The SMILES string of the molecule is CCCON=C(COc1cc(C(=O)O)cc(C(=O)NC2CC2)c1)c1cc(-c2ccc(F)cc2)no1. The number of nitrogens with one attached hydrogen (secondary N) is 1. The van der Waals surface area contributed by atoms with Crippen molar-refractivity contribution in [3.63, 3.8) is 0 Å². The lowest BCUT2D eigenvalue weighted by molar-refractivity contribution is 0.0696. The van der Waals surface area contributed by atoms with Gasteiger partial charge in [0.1, 0.15) is 30.5 Å². The van der Waals surface area contributed by atoms with Gasteiger partial charge in [0.25, 0.3) is 5.91 Å². The minimum absolute atomic E-state index is 0.0811. The number of carbonyl (C=O) groups excluding carboxylic acids is 1. The summed E-state index contributed by atoms with van der Waals surface area (Å²) in [4.78, 5) is 29.3. The molecular weight excluding hydrogens is 457 g/mol. The first-order valence-electron chi connectivity index (χ1n) is 11.2. The minimum atomic E-state index is -1.18. The second-order valence-electron chi connectivity index (χ2n) is 8.04. The molecule has 0 atom stereocenters. The Morgan fingerprint density at radius 1 is 1.17 bits per heavy atom. The number of carboxylic acids is 1. The number of benzene rings is 2. The van der Waals surface area contributed by atoms with E-state index in [1.165, 1.54) is 30.3 Å². The summed E-state index contributed by atoms with van der Waals surface area (Å²) < 4.78 is 24.4. The van der Waals surface area contributed by atoms with E-state index < -0.39 is 5.97 Å². The summed E-state index contributed by atoms with van der Waals surface area (Å²) in [6, 6.07) is 11.6. The first-order valence-corrected chi connectivity index (χ1v) is 11.2. The molecule has 1 aliphatic carbocycles. The Bertz CT molecular complexity index is 1230. The van der Waals surface area contributed by atoms with Crippen LogP contribution in [0, 0.1) is 5.82 Å². The largest absolute Gasteiger partial charge is 0.487 e. The molecule has 2 N–H and O–H groups in total. The fraction of sp³-hybridized carbons (Fsp3) is 0.280. The van der Waals surface area contributed by atoms with E-state index in [4.69, 9.17) is 14.1 Å². The van der Waals surface area contributed by atoms with Gasteiger partial charge >= 0.3 is 5.97 Å². The molecule has 3 aromatic rings. The van der Waals surface area contributed by atoms with Gasteiger partial charge in [-0.05, 0) is 61.7 Å². The molecule has 1 saturated carbocycles. The van der Waals surface area contributed by atoms with Crippen molar-refractivity contribution in [1.82, 2.24) is 10.5 Å². The quantitative estimate of drug-likeness (QED) is 0.238. The normalized spacial score (nSPS) is 13.4. The van der Waals surface area contributed by atoms with Crippen LogP contribution in [0.3, 0.4) is 0 Å². The Balaban J connectivity index is 1.55. The predicted molar refractivity (Wildman–Crippen MR) is 124 cm³/mol. The number of carboxylic acid groups (broad SMARTS) is 1. The number of hydrogen-bond acceptors (Lipinski definition) is 7. The summed E-state index contributed by atoms with van der Waals surface area (Å²) in [7, 11) is 0. The van der Waals surface area contributed by atoms with Crippen molar-refractivity contribution in [2.45, 2.75) is 32.2 Å². The van der Waals surface area contributed by atoms with Crippen LogP contribution in [0.15, 0.2) is 58.2 Å². The molecule has 0 aliphatic heterocycles. The van der Waals surface area contributed by atoms with Crippen LogP contribution in [-0.4, -0.2) is 47.1 Å². The Morgan fingerprint density at radius 3 is 2.60 bits per heavy atom. The molecule has 182 valence electrons. The van der Waals surface area contributed by atoms with E-state index in [-0.39, 0.29) is 52.7 Å². The Morgan fingerprint density at radius 2 is 1.91 bits per heavy atom. The van der Waals surface area contributed by atoms with Crippen LogP contribution < -0.4 is 10.1 Å². The van der Waals surface area contributed by atoms with Crippen molar-refractivity contribution in [3.8, 4) is 17.0 Å². The summed E-state index contributed by atoms with van der Waals surface area (Å²) in [5.74, 6) is -1.47. The number of amides is 1. The van der Waals surface area contributed by atoms with Crippen molar-refractivity contribution in [1.29, 1.82) is 0 Å². The van der Waals surface area contributed by atoms with E-state index in [9.17, 15) is 19.1 Å². The molecule has 1 fully saturated rings. The molecule has 10 heteroatoms. The van der Waals surface area contributed by atoms with Gasteiger partial charge in [-0.2, -0.15) is 0 Å². The second-order valence-corrected chi connectivity index (χ2v) is 8.04. The van der Waals surface area contributed by atoms with Gasteiger partial charge in [0.15, 0.2) is 11.5 Å². The van der Waals surface area contributed by atoms with Crippen molar-refractivity contribution in [3.05, 3.63) is 71.2 Å². The van der Waals surface area contributed by atoms with E-state index in [0.29, 0.717) is 17.9 Å². The molecule has 9 nitrogen and oxygen atoms in total. The molecule has 1 heterocycles. The zero-order chi connectivity index (χ0) is 24.8. The van der Waals surface area contributed by atoms with Gasteiger partial charge in [-0.1, -0.05) is 17.2 Å². The number of halogens is 1. The number of carbonyl (C=O) groups is 2. The van der Waals surface area contributed by atoms with Gasteiger partial charge in [0.2, 0.25) is 0 Å². The molecule has 0 bridgehead atoms. The highest BCUT2D eigenvalue weighted by Gasteiger charge is 2.25. The average molecular weight is 481 g/mol. The molecule has 1 aromatic heterocycles. The highest BCUT2D eigenvalue weighted by atomic mass is 19.1. The van der Waals surface area contributed by atoms with Gasteiger partial charge in [-0.3, -0.25) is 4.79 Å². The fourth-order valence-electron chi connectivity index (χ4n) is 3.11. The maximum absolute atomic E-state index is 13.2. The van der Waals surface area contributed by atoms with Crippen LogP contribution in [0.1, 0.15) is 52.7 Å². The van der Waals surface area contributed by atoms with E-state index in [0.717, 1.165) is 19.3 Å². The number of oxime groups is 1. The first kappa shape index (κ1) is 23.9. The molecule has 2 aromatic carbocycles. The van der Waals surface area contributed by atoms with Gasteiger partial charge in [0, 0.05) is 23.2 Å². The number of rotatable bonds is 11. The highest BCUT2D eigenvalue weighted by molar-refractivity contribution is 6.00. The van der Waals surface area contributed by atoms with Crippen molar-refractivity contribution in [2.24, 2.45) is 5.16 Å². The van der Waals surface area contributed by atoms with Crippen LogP contribution in [0.2, 0.25) is 0 Å². The Labute approximate surface area is 200 Å². The summed E-state index contributed by atoms with van der Waals surface area (Å²) in [6.07, 6.45) is 2.54. The molecule has 0 saturated heterocycles. The Kier molecular flexibility index (Phi) is 7.39. The van der Waals surface area contributed by atoms with Gasteiger partial charge in [0.05, 0.1) is 5.56 Å². The number of nitrogens with zero attached hydrogens (tertiary/aromatic N) is 2. The molecule has 4 rings (SSSR count). The summed E-state index contributed by atoms with van der Waals surface area (Å²) >= 11 is 0. The standard InChI is InChI=1S/C25H24FN3O6/c1-2-9-34-28-22(23-13-21(29-35-23)15-3-5-18(26)6-4-15)14-33-20-11-16(10-17(12-20)25(31)32)24(30)27-19-7-8-19/h3-6,10-13,19H,2,7-9,14H2,1H3,(H,27,30)(H,31,32). The molecular formula is C25H24FN3O6. The van der Waals surface area contributed by atoms with Crippen LogP contribution >= 0.6 is 0 Å². The van der Waals surface area contributed by atoms with Crippen LogP contribution in [-0.2, 0) is 4.84 Å². The zero-order valence-corrected chi connectivity index (χ0v) is 19.0. The minimum Gasteiger partial charge on any atom is -0.487 e. The molecule has 0 unspecified atom stereocenters. The summed E-state index contributed by atoms with van der Waals surface area (Å²) in [5.41, 5.74) is 1.49. The number of aromatic carboxylic acids is 1. The molecule has 1 aliphatic rings. The molecule has 0 radical (unpaired) electrons. The van der Waals surface area contributed by atoms with E-state index >= 15 is 0 Å². The van der Waals surface area contributed by atoms with Crippen molar-refractivity contribution in [2.75, 3.05) is 13.2 Å². The van der Waals surface area contributed by atoms with Crippen molar-refractivity contribution >= 4 is 17.6 Å².